The molecule has 1 aromatic rings. The third kappa shape index (κ3) is 2.85. The van der Waals surface area contributed by atoms with Gasteiger partial charge in [0.05, 0.1) is 5.60 Å². The van der Waals surface area contributed by atoms with E-state index >= 15 is 0 Å². The van der Waals surface area contributed by atoms with Crippen LogP contribution in [0.3, 0.4) is 0 Å². The Kier molecular flexibility index (Phi) is 4.32. The van der Waals surface area contributed by atoms with Crippen LogP contribution in [0.5, 0.6) is 0 Å². The first-order valence-electron chi connectivity index (χ1n) is 7.29. The average Bonchev–Trinajstić information content (AvgIpc) is 2.42. The van der Waals surface area contributed by atoms with Crippen molar-refractivity contribution >= 4 is 0 Å². The molecular weight excluding hydrogens is 236 g/mol. The monoisotopic (exact) mass is 262 g/mol. The quantitative estimate of drug-likeness (QED) is 0.894. The molecule has 0 aromatic heterocycles. The largest absolute Gasteiger partial charge is 0.385 e. The Balaban J connectivity index is 2.30. The van der Waals surface area contributed by atoms with E-state index in [0.29, 0.717) is 0 Å². The lowest BCUT2D eigenvalue weighted by atomic mass is 9.74. The highest BCUT2D eigenvalue weighted by atomic mass is 16.5. The summed E-state index contributed by atoms with van der Waals surface area (Å²) in [5, 5.41) is 10.9. The molecule has 1 unspecified atom stereocenters. The predicted molar refractivity (Wildman–Crippen MR) is 78.2 cm³/mol. The second-order valence-electron chi connectivity index (χ2n) is 6.21. The molecule has 0 bridgehead atoms. The number of aliphatic hydroxyl groups excluding tert-OH is 1. The molecule has 0 amide bonds. The Bertz CT molecular complexity index is 431. The highest BCUT2D eigenvalue weighted by Crippen LogP contribution is 2.43. The third-order valence-corrected chi connectivity index (χ3v) is 4.75. The van der Waals surface area contributed by atoms with E-state index in [1.54, 1.807) is 7.11 Å². The summed E-state index contributed by atoms with van der Waals surface area (Å²) in [7, 11) is 1.74. The average molecular weight is 262 g/mol. The van der Waals surface area contributed by atoms with E-state index in [1.807, 2.05) is 0 Å². The number of aliphatic hydroxyl groups is 1. The van der Waals surface area contributed by atoms with Crippen molar-refractivity contribution in [2.24, 2.45) is 5.92 Å². The zero-order valence-corrected chi connectivity index (χ0v) is 12.6. The van der Waals surface area contributed by atoms with E-state index in [4.69, 9.17) is 4.74 Å². The lowest BCUT2D eigenvalue weighted by Crippen LogP contribution is -2.42. The Morgan fingerprint density at radius 2 is 1.89 bits per heavy atom. The van der Waals surface area contributed by atoms with Crippen molar-refractivity contribution in [2.75, 3.05) is 7.11 Å². The van der Waals surface area contributed by atoms with Crippen LogP contribution < -0.4 is 0 Å². The number of benzene rings is 1. The van der Waals surface area contributed by atoms with Gasteiger partial charge in [0.15, 0.2) is 0 Å². The molecule has 1 fully saturated rings. The Morgan fingerprint density at radius 1 is 1.26 bits per heavy atom. The van der Waals surface area contributed by atoms with Crippen molar-refractivity contribution in [2.45, 2.75) is 58.2 Å². The molecule has 0 radical (unpaired) electrons. The van der Waals surface area contributed by atoms with Gasteiger partial charge in [-0.25, -0.2) is 0 Å². The summed E-state index contributed by atoms with van der Waals surface area (Å²) in [6.45, 7) is 6.41. The van der Waals surface area contributed by atoms with E-state index < -0.39 is 11.7 Å². The van der Waals surface area contributed by atoms with Crippen LogP contribution in [0.4, 0.5) is 0 Å². The second kappa shape index (κ2) is 5.64. The molecule has 0 aliphatic heterocycles. The van der Waals surface area contributed by atoms with Crippen LogP contribution >= 0.6 is 0 Å². The molecule has 1 aromatic carbocycles. The first-order chi connectivity index (χ1) is 8.98. The lowest BCUT2D eigenvalue weighted by Gasteiger charge is -2.42. The molecule has 1 atom stereocenters. The standard InChI is InChI=1S/C17H26O2/c1-12-7-9-17(19-4,10-8-12)16(18)15-11-13(2)5-6-14(15)3/h5-6,11-12,16,18H,7-10H2,1-4H3. The summed E-state index contributed by atoms with van der Waals surface area (Å²) in [6.07, 6.45) is 3.63. The number of ether oxygens (including phenoxy) is 1. The van der Waals surface area contributed by atoms with E-state index in [0.717, 1.165) is 42.7 Å². The van der Waals surface area contributed by atoms with Gasteiger partial charge >= 0.3 is 0 Å². The SMILES string of the molecule is COC1(C(O)c2cc(C)ccc2C)CCC(C)CC1. The van der Waals surface area contributed by atoms with Crippen molar-refractivity contribution in [3.63, 3.8) is 0 Å². The first kappa shape index (κ1) is 14.5. The fraction of sp³-hybridized carbons (Fsp3) is 0.647. The molecule has 1 aliphatic carbocycles. The maximum absolute atomic E-state index is 10.9. The van der Waals surface area contributed by atoms with Crippen LogP contribution in [0.1, 0.15) is 55.4 Å². The predicted octanol–water partition coefficient (Wildman–Crippen LogP) is 3.93. The highest BCUT2D eigenvalue weighted by molar-refractivity contribution is 5.33. The van der Waals surface area contributed by atoms with Gasteiger partial charge in [-0.15, -0.1) is 0 Å². The summed E-state index contributed by atoms with van der Waals surface area (Å²) >= 11 is 0. The van der Waals surface area contributed by atoms with Gasteiger partial charge in [-0.3, -0.25) is 0 Å². The summed E-state index contributed by atoms with van der Waals surface area (Å²) in [4.78, 5) is 0. The summed E-state index contributed by atoms with van der Waals surface area (Å²) in [5.41, 5.74) is 2.96. The van der Waals surface area contributed by atoms with E-state index in [1.165, 1.54) is 5.56 Å². The van der Waals surface area contributed by atoms with Crippen molar-refractivity contribution in [1.29, 1.82) is 0 Å². The molecule has 1 N–H and O–H groups in total. The minimum Gasteiger partial charge on any atom is -0.385 e. The fourth-order valence-electron chi connectivity index (χ4n) is 3.18. The second-order valence-corrected chi connectivity index (χ2v) is 6.21. The van der Waals surface area contributed by atoms with Crippen LogP contribution in [-0.4, -0.2) is 17.8 Å². The molecule has 0 spiro atoms. The molecule has 0 heterocycles. The van der Waals surface area contributed by atoms with E-state index in [-0.39, 0.29) is 0 Å². The van der Waals surface area contributed by atoms with Crippen molar-refractivity contribution < 1.29 is 9.84 Å². The molecular formula is C17H26O2. The topological polar surface area (TPSA) is 29.5 Å². The van der Waals surface area contributed by atoms with Gasteiger partial charge in [0.2, 0.25) is 0 Å². The fourth-order valence-corrected chi connectivity index (χ4v) is 3.18. The van der Waals surface area contributed by atoms with Gasteiger partial charge in [-0.05, 0) is 56.6 Å². The Hall–Kier alpha value is -0.860. The number of rotatable bonds is 3. The minimum absolute atomic E-state index is 0.398. The molecule has 0 saturated heterocycles. The molecule has 2 heteroatoms. The molecule has 106 valence electrons. The van der Waals surface area contributed by atoms with Gasteiger partial charge in [0.25, 0.3) is 0 Å². The van der Waals surface area contributed by atoms with Gasteiger partial charge in [-0.1, -0.05) is 30.7 Å². The van der Waals surface area contributed by atoms with Crippen molar-refractivity contribution in [3.05, 3.63) is 34.9 Å². The normalized spacial score (nSPS) is 29.2. The van der Waals surface area contributed by atoms with Gasteiger partial charge in [0, 0.05) is 7.11 Å². The number of methoxy groups -OCH3 is 1. The smallest absolute Gasteiger partial charge is 0.108 e. The van der Waals surface area contributed by atoms with Crippen LogP contribution in [-0.2, 0) is 4.74 Å². The van der Waals surface area contributed by atoms with E-state index in [2.05, 4.69) is 39.0 Å². The van der Waals surface area contributed by atoms with Crippen LogP contribution in [0, 0.1) is 19.8 Å². The lowest BCUT2D eigenvalue weighted by molar-refractivity contribution is -0.130. The molecule has 19 heavy (non-hydrogen) atoms. The molecule has 2 rings (SSSR count). The van der Waals surface area contributed by atoms with Crippen molar-refractivity contribution in [1.82, 2.24) is 0 Å². The van der Waals surface area contributed by atoms with E-state index in [9.17, 15) is 5.11 Å². The third-order valence-electron chi connectivity index (χ3n) is 4.75. The zero-order valence-electron chi connectivity index (χ0n) is 12.6. The number of aryl methyl sites for hydroxylation is 2. The summed E-state index contributed by atoms with van der Waals surface area (Å²) < 4.78 is 5.79. The maximum Gasteiger partial charge on any atom is 0.108 e. The highest BCUT2D eigenvalue weighted by Gasteiger charge is 2.41. The van der Waals surface area contributed by atoms with Crippen LogP contribution in [0.25, 0.3) is 0 Å². The number of hydrogen-bond donors (Lipinski definition) is 1. The molecule has 2 nitrogen and oxygen atoms in total. The zero-order chi connectivity index (χ0) is 14.0. The van der Waals surface area contributed by atoms with Crippen molar-refractivity contribution in [3.8, 4) is 0 Å². The molecule has 1 saturated carbocycles. The van der Waals surface area contributed by atoms with Gasteiger partial charge in [-0.2, -0.15) is 0 Å². The van der Waals surface area contributed by atoms with Gasteiger partial charge in [0.1, 0.15) is 6.10 Å². The Labute approximate surface area is 116 Å². The summed E-state index contributed by atoms with van der Waals surface area (Å²) in [6, 6.07) is 6.27. The first-order valence-corrected chi connectivity index (χ1v) is 7.29. The number of hydrogen-bond acceptors (Lipinski definition) is 2. The maximum atomic E-state index is 10.9. The minimum atomic E-state index is -0.523. The van der Waals surface area contributed by atoms with Gasteiger partial charge < -0.3 is 9.84 Å². The molecule has 1 aliphatic rings. The van der Waals surface area contributed by atoms with Crippen LogP contribution in [0.2, 0.25) is 0 Å². The Morgan fingerprint density at radius 3 is 2.47 bits per heavy atom. The summed E-state index contributed by atoms with van der Waals surface area (Å²) in [5.74, 6) is 0.745. The van der Waals surface area contributed by atoms with Crippen LogP contribution in [0.15, 0.2) is 18.2 Å².